The quantitative estimate of drug-likeness (QED) is 0.439. The summed E-state index contributed by atoms with van der Waals surface area (Å²) in [6.45, 7) is 8.12. The molecule has 0 unspecified atom stereocenters. The Hall–Kier alpha value is -1.47. The number of oxazole rings is 1. The second-order valence-electron chi connectivity index (χ2n) is 7.89. The van der Waals surface area contributed by atoms with Crippen molar-refractivity contribution in [2.24, 2.45) is 5.92 Å². The molecule has 2 aromatic heterocycles. The fraction of sp³-hybridized carbons (Fsp3) is 0.611. The van der Waals surface area contributed by atoms with Gasteiger partial charge in [-0.15, -0.1) is 11.8 Å². The van der Waals surface area contributed by atoms with Gasteiger partial charge in [0.25, 0.3) is 10.1 Å². The molecule has 1 fully saturated rings. The molecule has 3 rings (SSSR count). The van der Waals surface area contributed by atoms with Gasteiger partial charge in [0.05, 0.1) is 28.6 Å². The van der Waals surface area contributed by atoms with Crippen LogP contribution in [0.3, 0.4) is 0 Å². The summed E-state index contributed by atoms with van der Waals surface area (Å²) in [6, 6.07) is 0. The Morgan fingerprint density at radius 3 is 2.53 bits per heavy atom. The molecule has 0 radical (unpaired) electrons. The number of nitrogens with zero attached hydrogens (tertiary/aromatic N) is 2. The monoisotopic (exact) mass is 476 g/mol. The maximum absolute atomic E-state index is 12.2. The Balaban J connectivity index is 0.000000575. The minimum atomic E-state index is -3.67. The summed E-state index contributed by atoms with van der Waals surface area (Å²) in [4.78, 5) is 20.9. The molecular formula is C18H28N4O5S3. The maximum atomic E-state index is 12.2. The lowest BCUT2D eigenvalue weighted by molar-refractivity contribution is -0.120. The molecule has 0 spiro atoms. The van der Waals surface area contributed by atoms with Gasteiger partial charge in [-0.2, -0.15) is 8.42 Å². The molecule has 1 saturated heterocycles. The van der Waals surface area contributed by atoms with Gasteiger partial charge < -0.3 is 15.1 Å². The summed E-state index contributed by atoms with van der Waals surface area (Å²) in [7, 11) is -3.67. The van der Waals surface area contributed by atoms with Gasteiger partial charge in [-0.1, -0.05) is 32.1 Å². The lowest BCUT2D eigenvalue weighted by atomic mass is 9.94. The number of piperidine rings is 1. The van der Waals surface area contributed by atoms with Crippen LogP contribution in [0, 0.1) is 5.92 Å². The van der Waals surface area contributed by atoms with Crippen LogP contribution in [0.4, 0.5) is 5.13 Å². The van der Waals surface area contributed by atoms with Crippen LogP contribution < -0.4 is 10.6 Å². The van der Waals surface area contributed by atoms with E-state index in [1.54, 1.807) is 24.2 Å². The van der Waals surface area contributed by atoms with Crippen LogP contribution in [-0.4, -0.2) is 48.2 Å². The fourth-order valence-corrected chi connectivity index (χ4v) is 4.26. The van der Waals surface area contributed by atoms with Gasteiger partial charge in [0, 0.05) is 11.3 Å². The van der Waals surface area contributed by atoms with Crippen LogP contribution in [0.5, 0.6) is 0 Å². The molecule has 0 aliphatic carbocycles. The molecule has 168 valence electrons. The topological polar surface area (TPSA) is 134 Å². The highest BCUT2D eigenvalue weighted by Crippen LogP contribution is 2.32. The number of aromatic nitrogens is 2. The van der Waals surface area contributed by atoms with Crippen molar-refractivity contribution in [1.29, 1.82) is 0 Å². The highest BCUT2D eigenvalue weighted by Gasteiger charge is 2.22. The molecule has 30 heavy (non-hydrogen) atoms. The zero-order valence-corrected chi connectivity index (χ0v) is 19.9. The van der Waals surface area contributed by atoms with Crippen molar-refractivity contribution in [3.05, 3.63) is 24.0 Å². The van der Waals surface area contributed by atoms with Gasteiger partial charge in [-0.25, -0.2) is 9.97 Å². The standard InChI is InChI=1S/C17H24N4O2S2.CH4O3S/c1-17(2,3)12-8-19-13(23-12)10-24-14-9-20-16(25-14)21-15(22)11-4-6-18-7-5-11;1-5(2,3)4/h8-9,11,18H,4-7,10H2,1-3H3,(H,20,21,22);1H3,(H,2,3,4). The van der Waals surface area contributed by atoms with E-state index in [0.29, 0.717) is 23.0 Å². The first kappa shape index (κ1) is 24.8. The van der Waals surface area contributed by atoms with Gasteiger partial charge in [0.1, 0.15) is 5.76 Å². The summed E-state index contributed by atoms with van der Waals surface area (Å²) < 4.78 is 32.7. The molecule has 1 amide bonds. The number of nitrogens with one attached hydrogen (secondary N) is 2. The summed E-state index contributed by atoms with van der Waals surface area (Å²) in [5, 5.41) is 6.87. The zero-order valence-electron chi connectivity index (χ0n) is 17.5. The number of anilines is 1. The number of carbonyl (C=O) groups is 1. The van der Waals surface area contributed by atoms with Crippen LogP contribution in [0.25, 0.3) is 0 Å². The van der Waals surface area contributed by atoms with E-state index in [1.165, 1.54) is 11.3 Å². The Morgan fingerprint density at radius 2 is 1.97 bits per heavy atom. The number of amides is 1. The molecule has 1 aliphatic rings. The molecule has 0 bridgehead atoms. The van der Waals surface area contributed by atoms with Crippen LogP contribution in [0.1, 0.15) is 45.3 Å². The SMILES string of the molecule is CC(C)(C)c1cnc(CSc2cnc(NC(=O)C3CCNCC3)s2)o1.CS(=O)(=O)O. The lowest BCUT2D eigenvalue weighted by Crippen LogP contribution is -2.34. The van der Waals surface area contributed by atoms with E-state index < -0.39 is 10.1 Å². The van der Waals surface area contributed by atoms with Gasteiger partial charge >= 0.3 is 0 Å². The first-order valence-electron chi connectivity index (χ1n) is 9.39. The minimum Gasteiger partial charge on any atom is -0.444 e. The Morgan fingerprint density at radius 1 is 1.33 bits per heavy atom. The number of thioether (sulfide) groups is 1. The highest BCUT2D eigenvalue weighted by atomic mass is 32.2. The number of hydrogen-bond donors (Lipinski definition) is 3. The number of carbonyl (C=O) groups excluding carboxylic acids is 1. The average Bonchev–Trinajstić information content (AvgIpc) is 3.28. The largest absolute Gasteiger partial charge is 0.444 e. The van der Waals surface area contributed by atoms with Gasteiger partial charge in [-0.05, 0) is 25.9 Å². The van der Waals surface area contributed by atoms with Crippen LogP contribution in [0.15, 0.2) is 21.0 Å². The molecule has 12 heteroatoms. The van der Waals surface area contributed by atoms with Crippen molar-refractivity contribution in [2.45, 2.75) is 49.0 Å². The van der Waals surface area contributed by atoms with E-state index in [1.807, 2.05) is 0 Å². The van der Waals surface area contributed by atoms with Crippen molar-refractivity contribution in [3.63, 3.8) is 0 Å². The van der Waals surface area contributed by atoms with Gasteiger partial charge in [0.2, 0.25) is 11.8 Å². The second-order valence-corrected chi connectivity index (χ2v) is 11.7. The van der Waals surface area contributed by atoms with E-state index in [9.17, 15) is 13.2 Å². The highest BCUT2D eigenvalue weighted by molar-refractivity contribution is 8.00. The molecular weight excluding hydrogens is 448 g/mol. The third kappa shape index (κ3) is 9.13. The average molecular weight is 477 g/mol. The van der Waals surface area contributed by atoms with Crippen LogP contribution in [0.2, 0.25) is 0 Å². The normalized spacial score (nSPS) is 15.4. The Bertz CT molecular complexity index is 920. The van der Waals surface area contributed by atoms with Crippen LogP contribution >= 0.6 is 23.1 Å². The van der Waals surface area contributed by atoms with Crippen molar-refractivity contribution >= 4 is 44.3 Å². The van der Waals surface area contributed by atoms with Gasteiger partial charge in [0.15, 0.2) is 5.13 Å². The van der Waals surface area contributed by atoms with E-state index in [4.69, 9.17) is 8.97 Å². The molecule has 0 saturated carbocycles. The predicted octanol–water partition coefficient (Wildman–Crippen LogP) is 3.16. The first-order valence-corrected chi connectivity index (χ1v) is 13.0. The minimum absolute atomic E-state index is 0.0352. The molecule has 1 aliphatic heterocycles. The number of thiazole rings is 1. The van der Waals surface area contributed by atoms with Gasteiger partial charge in [-0.3, -0.25) is 9.35 Å². The predicted molar refractivity (Wildman–Crippen MR) is 119 cm³/mol. The number of rotatable bonds is 5. The zero-order chi connectivity index (χ0) is 22.4. The second kappa shape index (κ2) is 10.7. The van der Waals surface area contributed by atoms with Crippen molar-refractivity contribution in [3.8, 4) is 0 Å². The lowest BCUT2D eigenvalue weighted by Gasteiger charge is -2.20. The summed E-state index contributed by atoms with van der Waals surface area (Å²) in [5.41, 5.74) is -0.0352. The molecule has 3 N–H and O–H groups in total. The van der Waals surface area contributed by atoms with Crippen molar-refractivity contribution in [2.75, 3.05) is 24.7 Å². The first-order chi connectivity index (χ1) is 13.9. The van der Waals surface area contributed by atoms with Crippen molar-refractivity contribution in [1.82, 2.24) is 15.3 Å². The molecule has 3 heterocycles. The van der Waals surface area contributed by atoms with E-state index in [2.05, 4.69) is 41.4 Å². The fourth-order valence-electron chi connectivity index (χ4n) is 2.53. The maximum Gasteiger partial charge on any atom is 0.261 e. The van der Waals surface area contributed by atoms with E-state index >= 15 is 0 Å². The third-order valence-electron chi connectivity index (χ3n) is 4.06. The Labute approximate surface area is 185 Å². The van der Waals surface area contributed by atoms with Crippen LogP contribution in [-0.2, 0) is 26.1 Å². The smallest absolute Gasteiger partial charge is 0.261 e. The summed E-state index contributed by atoms with van der Waals surface area (Å²) >= 11 is 3.11. The number of hydrogen-bond acceptors (Lipinski definition) is 9. The van der Waals surface area contributed by atoms with E-state index in [-0.39, 0.29) is 17.2 Å². The molecule has 0 atom stereocenters. The third-order valence-corrected chi connectivity index (χ3v) is 6.15. The van der Waals surface area contributed by atoms with E-state index in [0.717, 1.165) is 35.9 Å². The van der Waals surface area contributed by atoms with Crippen molar-refractivity contribution < 1.29 is 22.2 Å². The molecule has 9 nitrogen and oxygen atoms in total. The molecule has 0 aromatic carbocycles. The Kier molecular flexibility index (Phi) is 8.85. The molecule has 2 aromatic rings. The summed E-state index contributed by atoms with van der Waals surface area (Å²) in [5.74, 6) is 2.42. The summed E-state index contributed by atoms with van der Waals surface area (Å²) in [6.07, 6.45) is 6.08.